The van der Waals surface area contributed by atoms with Gasteiger partial charge in [0, 0.05) is 5.56 Å². The van der Waals surface area contributed by atoms with Gasteiger partial charge in [0.2, 0.25) is 12.1 Å². The SMILES string of the molecule is CCCCCCCCc1ccc(C(F)(F)F)nc1OCc1cn(C#N)nn1. The fourth-order valence-electron chi connectivity index (χ4n) is 2.59. The van der Waals surface area contributed by atoms with Gasteiger partial charge in [0.05, 0.1) is 6.20 Å². The Labute approximate surface area is 156 Å². The summed E-state index contributed by atoms with van der Waals surface area (Å²) < 4.78 is 45.3. The fraction of sp³-hybridized carbons (Fsp3) is 0.556. The lowest BCUT2D eigenvalue weighted by atomic mass is 10.1. The van der Waals surface area contributed by atoms with E-state index in [0.717, 1.165) is 36.4 Å². The minimum Gasteiger partial charge on any atom is -0.471 e. The first-order chi connectivity index (χ1) is 12.9. The van der Waals surface area contributed by atoms with Crippen molar-refractivity contribution in [1.29, 1.82) is 5.26 Å². The van der Waals surface area contributed by atoms with Crippen LogP contribution in [0.1, 0.15) is 62.4 Å². The number of unbranched alkanes of at least 4 members (excludes halogenated alkanes) is 5. The number of ether oxygens (including phenoxy) is 1. The quantitative estimate of drug-likeness (QED) is 0.566. The van der Waals surface area contributed by atoms with Gasteiger partial charge in [0.1, 0.15) is 18.0 Å². The molecule has 0 fully saturated rings. The molecule has 0 saturated carbocycles. The third kappa shape index (κ3) is 6.55. The number of rotatable bonds is 10. The topological polar surface area (TPSA) is 76.6 Å². The lowest BCUT2D eigenvalue weighted by Crippen LogP contribution is -2.11. The second kappa shape index (κ2) is 9.90. The zero-order valence-corrected chi connectivity index (χ0v) is 15.2. The van der Waals surface area contributed by atoms with Gasteiger partial charge in [-0.05, 0) is 18.9 Å². The third-order valence-electron chi connectivity index (χ3n) is 4.03. The number of pyridine rings is 1. The predicted molar refractivity (Wildman–Crippen MR) is 91.7 cm³/mol. The zero-order valence-electron chi connectivity index (χ0n) is 15.2. The maximum Gasteiger partial charge on any atom is 0.433 e. The highest BCUT2D eigenvalue weighted by atomic mass is 19.4. The molecule has 2 rings (SSSR count). The summed E-state index contributed by atoms with van der Waals surface area (Å²) in [5.74, 6) is -0.0510. The van der Waals surface area contributed by atoms with E-state index in [2.05, 4.69) is 22.2 Å². The molecule has 0 aliphatic rings. The van der Waals surface area contributed by atoms with Gasteiger partial charge >= 0.3 is 6.18 Å². The van der Waals surface area contributed by atoms with E-state index >= 15 is 0 Å². The average Bonchev–Trinajstić information content (AvgIpc) is 3.10. The molecule has 2 heterocycles. The molecule has 0 amide bonds. The number of hydrogen-bond acceptors (Lipinski definition) is 5. The van der Waals surface area contributed by atoms with Crippen molar-refractivity contribution in [3.8, 4) is 12.1 Å². The van der Waals surface area contributed by atoms with E-state index in [-0.39, 0.29) is 12.5 Å². The van der Waals surface area contributed by atoms with Gasteiger partial charge in [0.25, 0.3) is 0 Å². The van der Waals surface area contributed by atoms with E-state index in [0.29, 0.717) is 17.7 Å². The standard InChI is InChI=1S/C18H22F3N5O/c1-2-3-4-5-6-7-8-14-9-10-16(18(19,20)21)23-17(14)27-12-15-11-26(13-22)25-24-15/h9-11H,2-8,12H2,1H3. The molecule has 2 aromatic rings. The van der Waals surface area contributed by atoms with Crippen LogP contribution in [0.25, 0.3) is 0 Å². The van der Waals surface area contributed by atoms with E-state index < -0.39 is 11.9 Å². The van der Waals surface area contributed by atoms with Gasteiger partial charge < -0.3 is 4.74 Å². The molecule has 0 atom stereocenters. The monoisotopic (exact) mass is 381 g/mol. The minimum atomic E-state index is -4.54. The molecule has 0 bridgehead atoms. The van der Waals surface area contributed by atoms with E-state index in [1.54, 1.807) is 6.19 Å². The highest BCUT2D eigenvalue weighted by molar-refractivity contribution is 5.29. The summed E-state index contributed by atoms with van der Waals surface area (Å²) in [6.45, 7) is 2.03. The van der Waals surface area contributed by atoms with Crippen LogP contribution in [-0.4, -0.2) is 20.0 Å². The maximum atomic E-state index is 13.0. The smallest absolute Gasteiger partial charge is 0.433 e. The fourth-order valence-corrected chi connectivity index (χ4v) is 2.59. The Kier molecular flexibility index (Phi) is 7.58. The second-order valence-electron chi connectivity index (χ2n) is 6.22. The molecular weight excluding hydrogens is 359 g/mol. The summed E-state index contributed by atoms with van der Waals surface area (Å²) in [5.41, 5.74) is -0.0303. The van der Waals surface area contributed by atoms with Gasteiger partial charge in [-0.25, -0.2) is 4.98 Å². The average molecular weight is 381 g/mol. The molecule has 2 aromatic heterocycles. The van der Waals surface area contributed by atoms with Crippen LogP contribution < -0.4 is 4.74 Å². The number of aryl methyl sites for hydroxylation is 1. The molecule has 0 saturated heterocycles. The van der Waals surface area contributed by atoms with Crippen LogP contribution in [0, 0.1) is 11.5 Å². The summed E-state index contributed by atoms with van der Waals surface area (Å²) in [5, 5.41) is 16.0. The first kappa shape index (κ1) is 20.7. The molecule has 0 aromatic carbocycles. The van der Waals surface area contributed by atoms with Crippen LogP contribution in [-0.2, 0) is 19.2 Å². The van der Waals surface area contributed by atoms with Crippen molar-refractivity contribution in [2.75, 3.05) is 0 Å². The number of hydrogen-bond donors (Lipinski definition) is 0. The minimum absolute atomic E-state index is 0.0510. The molecule has 9 heteroatoms. The van der Waals surface area contributed by atoms with Crippen LogP contribution in [0.15, 0.2) is 18.3 Å². The normalized spacial score (nSPS) is 11.4. The van der Waals surface area contributed by atoms with Gasteiger partial charge in [-0.1, -0.05) is 50.3 Å². The number of halogens is 3. The zero-order chi connectivity index (χ0) is 19.7. The molecule has 0 spiro atoms. The van der Waals surface area contributed by atoms with Gasteiger partial charge in [-0.3, -0.25) is 0 Å². The van der Waals surface area contributed by atoms with Crippen molar-refractivity contribution in [1.82, 2.24) is 20.0 Å². The first-order valence-corrected chi connectivity index (χ1v) is 8.95. The molecule has 146 valence electrons. The number of nitriles is 1. The van der Waals surface area contributed by atoms with Crippen LogP contribution in [0.5, 0.6) is 5.88 Å². The maximum absolute atomic E-state index is 13.0. The Balaban J connectivity index is 2.04. The Hall–Kier alpha value is -2.63. The molecule has 6 nitrogen and oxygen atoms in total. The van der Waals surface area contributed by atoms with Crippen molar-refractivity contribution >= 4 is 0 Å². The Morgan fingerprint density at radius 1 is 1.15 bits per heavy atom. The molecule has 0 aliphatic heterocycles. The van der Waals surface area contributed by atoms with Crippen LogP contribution in [0.2, 0.25) is 0 Å². The van der Waals surface area contributed by atoms with E-state index in [1.807, 2.05) is 0 Å². The summed E-state index contributed by atoms with van der Waals surface area (Å²) >= 11 is 0. The van der Waals surface area contributed by atoms with E-state index in [4.69, 9.17) is 10.00 Å². The predicted octanol–water partition coefficient (Wildman–Crippen LogP) is 4.50. The molecule has 0 radical (unpaired) electrons. The molecular formula is C18H22F3N5O. The van der Waals surface area contributed by atoms with Crippen molar-refractivity contribution in [3.63, 3.8) is 0 Å². The van der Waals surface area contributed by atoms with E-state index in [9.17, 15) is 13.2 Å². The van der Waals surface area contributed by atoms with Crippen molar-refractivity contribution in [3.05, 3.63) is 35.3 Å². The molecule has 0 unspecified atom stereocenters. The lowest BCUT2D eigenvalue weighted by Gasteiger charge is -2.13. The summed E-state index contributed by atoms with van der Waals surface area (Å²) in [7, 11) is 0. The molecule has 27 heavy (non-hydrogen) atoms. The highest BCUT2D eigenvalue weighted by Crippen LogP contribution is 2.31. The van der Waals surface area contributed by atoms with Crippen LogP contribution in [0.4, 0.5) is 13.2 Å². The molecule has 0 N–H and O–H groups in total. The summed E-state index contributed by atoms with van der Waals surface area (Å²) in [6.07, 6.45) is 5.66. The van der Waals surface area contributed by atoms with Gasteiger partial charge in [-0.2, -0.15) is 23.1 Å². The van der Waals surface area contributed by atoms with Gasteiger partial charge in [-0.15, -0.1) is 5.10 Å². The summed E-state index contributed by atoms with van der Waals surface area (Å²) in [4.78, 5) is 3.65. The van der Waals surface area contributed by atoms with E-state index in [1.165, 1.54) is 25.1 Å². The Morgan fingerprint density at radius 2 is 1.89 bits per heavy atom. The largest absolute Gasteiger partial charge is 0.471 e. The lowest BCUT2D eigenvalue weighted by molar-refractivity contribution is -0.141. The molecule has 0 aliphatic carbocycles. The van der Waals surface area contributed by atoms with Crippen molar-refractivity contribution in [2.45, 2.75) is 64.7 Å². The van der Waals surface area contributed by atoms with Gasteiger partial charge in [0.15, 0.2) is 0 Å². The Morgan fingerprint density at radius 3 is 2.56 bits per heavy atom. The van der Waals surface area contributed by atoms with Crippen molar-refractivity contribution in [2.24, 2.45) is 0 Å². The van der Waals surface area contributed by atoms with Crippen molar-refractivity contribution < 1.29 is 17.9 Å². The van der Waals surface area contributed by atoms with Crippen LogP contribution in [0.3, 0.4) is 0 Å². The number of nitrogens with zero attached hydrogens (tertiary/aromatic N) is 5. The third-order valence-corrected chi connectivity index (χ3v) is 4.03. The highest BCUT2D eigenvalue weighted by Gasteiger charge is 2.33. The van der Waals surface area contributed by atoms with Crippen LogP contribution >= 0.6 is 0 Å². The number of aromatic nitrogens is 4. The Bertz CT molecular complexity index is 767. The second-order valence-corrected chi connectivity index (χ2v) is 6.22. The summed E-state index contributed by atoms with van der Waals surface area (Å²) in [6, 6.07) is 2.40. The number of alkyl halides is 3. The first-order valence-electron chi connectivity index (χ1n) is 8.95.